The van der Waals surface area contributed by atoms with Gasteiger partial charge in [-0.05, 0) is 19.4 Å². The van der Waals surface area contributed by atoms with Crippen molar-refractivity contribution in [2.75, 3.05) is 7.11 Å². The predicted octanol–water partition coefficient (Wildman–Crippen LogP) is 2.96. The Kier molecular flexibility index (Phi) is 4.79. The van der Waals surface area contributed by atoms with Gasteiger partial charge in [0.05, 0.1) is 12.1 Å². The van der Waals surface area contributed by atoms with Gasteiger partial charge in [0, 0.05) is 0 Å². The summed E-state index contributed by atoms with van der Waals surface area (Å²) in [5.41, 5.74) is 0. The number of allylic oxidation sites excluding steroid dienone is 2. The van der Waals surface area contributed by atoms with Gasteiger partial charge in [-0.1, -0.05) is 18.5 Å². The number of halogens is 1. The monoisotopic (exact) mass is 176 g/mol. The summed E-state index contributed by atoms with van der Waals surface area (Å²) in [6.45, 7) is 3.56. The molecule has 0 spiro atoms. The highest BCUT2D eigenvalue weighted by atomic mass is 35.5. The lowest BCUT2D eigenvalue weighted by molar-refractivity contribution is 0.254. The number of hydrogen-bond donors (Lipinski definition) is 1. The molecule has 0 radical (unpaired) electrons. The van der Waals surface area contributed by atoms with Crippen LogP contribution in [-0.2, 0) is 4.74 Å². The molecular weight excluding hydrogens is 164 g/mol. The molecule has 0 saturated heterocycles. The van der Waals surface area contributed by atoms with Crippen LogP contribution in [0, 0.1) is 0 Å². The van der Waals surface area contributed by atoms with E-state index < -0.39 is 0 Å². The van der Waals surface area contributed by atoms with Crippen molar-refractivity contribution >= 4 is 11.6 Å². The third-order valence-electron chi connectivity index (χ3n) is 1.17. The molecule has 0 rings (SSSR count). The summed E-state index contributed by atoms with van der Waals surface area (Å²) in [4.78, 5) is 0. The van der Waals surface area contributed by atoms with E-state index in [-0.39, 0.29) is 5.76 Å². The van der Waals surface area contributed by atoms with Gasteiger partial charge in [0.25, 0.3) is 0 Å². The molecule has 64 valence electrons. The van der Waals surface area contributed by atoms with Crippen molar-refractivity contribution in [1.82, 2.24) is 0 Å². The van der Waals surface area contributed by atoms with Crippen LogP contribution in [0.2, 0.25) is 0 Å². The van der Waals surface area contributed by atoms with Crippen molar-refractivity contribution in [3.8, 4) is 0 Å². The topological polar surface area (TPSA) is 29.5 Å². The third-order valence-corrected chi connectivity index (χ3v) is 1.35. The lowest BCUT2D eigenvalue weighted by Gasteiger charge is -2.04. The standard InChI is InChI=1S/C8H13ClO2/c1-4-5-7(11-3)8(10)6(2)9/h5,10H,4H2,1-3H3/b7-5+,8-6-. The normalized spacial score (nSPS) is 14.4. The molecule has 3 heteroatoms. The molecule has 0 aliphatic rings. The van der Waals surface area contributed by atoms with Crippen LogP contribution in [0.5, 0.6) is 0 Å². The minimum Gasteiger partial charge on any atom is -0.503 e. The lowest BCUT2D eigenvalue weighted by atomic mass is 10.3. The number of ether oxygens (including phenoxy) is 1. The zero-order chi connectivity index (χ0) is 8.85. The fourth-order valence-electron chi connectivity index (χ4n) is 0.632. The van der Waals surface area contributed by atoms with Crippen LogP contribution in [0.25, 0.3) is 0 Å². The first kappa shape index (κ1) is 10.4. The molecule has 0 bridgehead atoms. The Morgan fingerprint density at radius 2 is 2.18 bits per heavy atom. The average Bonchev–Trinajstić information content (AvgIpc) is 1.98. The maximum atomic E-state index is 9.27. The second-order valence-electron chi connectivity index (χ2n) is 2.06. The Labute approximate surface area is 72.1 Å². The van der Waals surface area contributed by atoms with E-state index in [1.807, 2.05) is 6.92 Å². The predicted molar refractivity (Wildman–Crippen MR) is 46.6 cm³/mol. The van der Waals surface area contributed by atoms with Crippen molar-refractivity contribution in [3.05, 3.63) is 22.6 Å². The van der Waals surface area contributed by atoms with E-state index in [2.05, 4.69) is 0 Å². The van der Waals surface area contributed by atoms with Gasteiger partial charge >= 0.3 is 0 Å². The van der Waals surface area contributed by atoms with Crippen LogP contribution in [-0.4, -0.2) is 12.2 Å². The van der Waals surface area contributed by atoms with Crippen LogP contribution in [0.1, 0.15) is 20.3 Å². The van der Waals surface area contributed by atoms with Crippen LogP contribution in [0.4, 0.5) is 0 Å². The Morgan fingerprint density at radius 1 is 1.64 bits per heavy atom. The number of aliphatic hydroxyl groups excluding tert-OH is 1. The van der Waals surface area contributed by atoms with Gasteiger partial charge in [-0.3, -0.25) is 0 Å². The lowest BCUT2D eigenvalue weighted by Crippen LogP contribution is -1.92. The Hall–Kier alpha value is -0.630. The average molecular weight is 177 g/mol. The summed E-state index contributed by atoms with van der Waals surface area (Å²) < 4.78 is 4.88. The molecule has 0 atom stereocenters. The SMILES string of the molecule is CC/C=C(OC)\C(O)=C(/C)Cl. The van der Waals surface area contributed by atoms with E-state index in [1.54, 1.807) is 13.0 Å². The zero-order valence-corrected chi connectivity index (χ0v) is 7.77. The van der Waals surface area contributed by atoms with E-state index >= 15 is 0 Å². The summed E-state index contributed by atoms with van der Waals surface area (Å²) >= 11 is 5.55. The van der Waals surface area contributed by atoms with Gasteiger partial charge in [0.15, 0.2) is 11.5 Å². The molecular formula is C8H13ClO2. The van der Waals surface area contributed by atoms with Gasteiger partial charge in [0.1, 0.15) is 0 Å². The second-order valence-corrected chi connectivity index (χ2v) is 2.63. The van der Waals surface area contributed by atoms with E-state index in [4.69, 9.17) is 16.3 Å². The minimum absolute atomic E-state index is 0.0102. The molecule has 0 heterocycles. The van der Waals surface area contributed by atoms with Crippen molar-refractivity contribution in [1.29, 1.82) is 0 Å². The first-order chi connectivity index (χ1) is 5.13. The molecule has 0 saturated carbocycles. The molecule has 0 aromatic heterocycles. The van der Waals surface area contributed by atoms with Crippen LogP contribution in [0.3, 0.4) is 0 Å². The highest BCUT2D eigenvalue weighted by Crippen LogP contribution is 2.15. The molecule has 0 unspecified atom stereocenters. The summed E-state index contributed by atoms with van der Waals surface area (Å²) in [7, 11) is 1.50. The van der Waals surface area contributed by atoms with Crippen LogP contribution in [0.15, 0.2) is 22.6 Å². The van der Waals surface area contributed by atoms with E-state index in [1.165, 1.54) is 7.11 Å². The molecule has 0 aliphatic heterocycles. The number of aliphatic hydroxyl groups is 1. The maximum absolute atomic E-state index is 9.27. The zero-order valence-electron chi connectivity index (χ0n) is 7.02. The molecule has 1 N–H and O–H groups in total. The van der Waals surface area contributed by atoms with Crippen LogP contribution >= 0.6 is 11.6 Å². The Bertz CT molecular complexity index is 179. The van der Waals surface area contributed by atoms with Gasteiger partial charge < -0.3 is 9.84 Å². The van der Waals surface area contributed by atoms with Crippen LogP contribution < -0.4 is 0 Å². The maximum Gasteiger partial charge on any atom is 0.171 e. The van der Waals surface area contributed by atoms with Gasteiger partial charge in [-0.2, -0.15) is 0 Å². The number of rotatable bonds is 3. The number of hydrogen-bond acceptors (Lipinski definition) is 2. The van der Waals surface area contributed by atoms with E-state index in [0.29, 0.717) is 10.8 Å². The third kappa shape index (κ3) is 3.33. The minimum atomic E-state index is 0.0102. The fourth-order valence-corrected chi connectivity index (χ4v) is 0.725. The largest absolute Gasteiger partial charge is 0.503 e. The van der Waals surface area contributed by atoms with Crippen molar-refractivity contribution in [2.45, 2.75) is 20.3 Å². The molecule has 0 aliphatic carbocycles. The van der Waals surface area contributed by atoms with Crippen molar-refractivity contribution < 1.29 is 9.84 Å². The van der Waals surface area contributed by atoms with Gasteiger partial charge in [0.2, 0.25) is 0 Å². The summed E-state index contributed by atoms with van der Waals surface area (Å²) in [6.07, 6.45) is 2.57. The fraction of sp³-hybridized carbons (Fsp3) is 0.500. The summed E-state index contributed by atoms with van der Waals surface area (Å²) in [5, 5.41) is 9.61. The smallest absolute Gasteiger partial charge is 0.171 e. The second kappa shape index (κ2) is 5.08. The highest BCUT2D eigenvalue weighted by molar-refractivity contribution is 6.29. The number of methoxy groups -OCH3 is 1. The quantitative estimate of drug-likeness (QED) is 0.529. The molecule has 0 aromatic rings. The van der Waals surface area contributed by atoms with Crippen molar-refractivity contribution in [2.24, 2.45) is 0 Å². The molecule has 11 heavy (non-hydrogen) atoms. The van der Waals surface area contributed by atoms with Gasteiger partial charge in [-0.15, -0.1) is 0 Å². The molecule has 0 amide bonds. The van der Waals surface area contributed by atoms with Gasteiger partial charge in [-0.25, -0.2) is 0 Å². The Morgan fingerprint density at radius 3 is 2.45 bits per heavy atom. The highest BCUT2D eigenvalue weighted by Gasteiger charge is 2.04. The Balaban J connectivity index is 4.52. The molecule has 0 aromatic carbocycles. The first-order valence-electron chi connectivity index (χ1n) is 3.43. The summed E-state index contributed by atoms with van der Waals surface area (Å²) in [5.74, 6) is 0.441. The first-order valence-corrected chi connectivity index (χ1v) is 3.81. The van der Waals surface area contributed by atoms with Crippen molar-refractivity contribution in [3.63, 3.8) is 0 Å². The molecule has 0 fully saturated rings. The summed E-state index contributed by atoms with van der Waals surface area (Å²) in [6, 6.07) is 0. The molecule has 2 nitrogen and oxygen atoms in total. The van der Waals surface area contributed by atoms with E-state index in [0.717, 1.165) is 6.42 Å². The van der Waals surface area contributed by atoms with E-state index in [9.17, 15) is 5.11 Å².